The van der Waals surface area contributed by atoms with Crippen LogP contribution in [0, 0.1) is 0 Å². The molecule has 0 radical (unpaired) electrons. The summed E-state index contributed by atoms with van der Waals surface area (Å²) in [5, 5.41) is 0. The Morgan fingerprint density at radius 2 is 2.18 bits per heavy atom. The summed E-state index contributed by atoms with van der Waals surface area (Å²) < 4.78 is 9.08. The highest BCUT2D eigenvalue weighted by Crippen LogP contribution is 2.01. The van der Waals surface area contributed by atoms with E-state index in [4.69, 9.17) is 4.74 Å². The number of halogens is 1. The van der Waals surface area contributed by atoms with Crippen LogP contribution in [-0.2, 0) is 11.8 Å². The lowest BCUT2D eigenvalue weighted by molar-refractivity contribution is -0.671. The van der Waals surface area contributed by atoms with Crippen LogP contribution < -0.4 is 17.0 Å². The minimum Gasteiger partial charge on any atom is -1.00 e. The number of hydrogen-bond acceptors (Lipinski definition) is 1. The first kappa shape index (κ1) is 10.5. The van der Waals surface area contributed by atoms with Crippen molar-refractivity contribution >= 4 is 0 Å². The molecule has 0 spiro atoms. The number of nitrogens with zero attached hydrogens (tertiary/aromatic N) is 2. The predicted molar refractivity (Wildman–Crippen MR) is 37.3 cm³/mol. The fourth-order valence-corrected chi connectivity index (χ4v) is 0.806. The van der Waals surface area contributed by atoms with Crippen LogP contribution in [0.4, 0.5) is 0 Å². The molecule has 3 nitrogen and oxygen atoms in total. The van der Waals surface area contributed by atoms with Crippen molar-refractivity contribution in [2.24, 2.45) is 7.05 Å². The van der Waals surface area contributed by atoms with Crippen LogP contribution in [0.25, 0.3) is 0 Å². The van der Waals surface area contributed by atoms with Gasteiger partial charge in [0.15, 0.2) is 6.23 Å². The molecule has 0 bridgehead atoms. The van der Waals surface area contributed by atoms with Gasteiger partial charge in [-0.3, -0.25) is 0 Å². The maximum absolute atomic E-state index is 5.10. The van der Waals surface area contributed by atoms with Gasteiger partial charge in [-0.25, -0.2) is 9.13 Å². The second kappa shape index (κ2) is 4.36. The zero-order valence-electron chi connectivity index (χ0n) is 6.99. The summed E-state index contributed by atoms with van der Waals surface area (Å²) in [6.45, 7) is 2.00. The predicted octanol–water partition coefficient (Wildman–Crippen LogP) is -2.52. The summed E-state index contributed by atoms with van der Waals surface area (Å²) in [5.41, 5.74) is 0. The molecule has 1 rings (SSSR count). The van der Waals surface area contributed by atoms with E-state index in [2.05, 4.69) is 0 Å². The number of rotatable bonds is 2. The van der Waals surface area contributed by atoms with Gasteiger partial charge < -0.3 is 17.1 Å². The van der Waals surface area contributed by atoms with Crippen molar-refractivity contribution in [3.8, 4) is 0 Å². The SMILES string of the molecule is COC(C)n1cc[n+](C)c1.[Cl-]. The Balaban J connectivity index is 0.000001000. The minimum atomic E-state index is 0. The topological polar surface area (TPSA) is 18.0 Å². The second-order valence-electron chi connectivity index (χ2n) is 2.36. The van der Waals surface area contributed by atoms with Gasteiger partial charge in [-0.2, -0.15) is 0 Å². The lowest BCUT2D eigenvalue weighted by atomic mass is 10.6. The lowest BCUT2D eigenvalue weighted by Crippen LogP contribution is -3.00. The number of hydrogen-bond donors (Lipinski definition) is 0. The fourth-order valence-electron chi connectivity index (χ4n) is 0.806. The Morgan fingerprint density at radius 1 is 1.55 bits per heavy atom. The standard InChI is InChI=1S/C7H13N2O.ClH/c1-7(10-3)9-5-4-8(2)6-9;/h4-7H,1-3H3;1H/q+1;/p-1. The van der Waals surface area contributed by atoms with E-state index in [9.17, 15) is 0 Å². The third kappa shape index (κ3) is 2.52. The maximum atomic E-state index is 5.10. The quantitative estimate of drug-likeness (QED) is 0.455. The number of methoxy groups -OCH3 is 1. The van der Waals surface area contributed by atoms with Crippen molar-refractivity contribution in [2.75, 3.05) is 7.11 Å². The van der Waals surface area contributed by atoms with E-state index in [1.54, 1.807) is 7.11 Å². The molecule has 1 atom stereocenters. The largest absolute Gasteiger partial charge is 1.00 e. The third-order valence-corrected chi connectivity index (χ3v) is 1.55. The molecule has 64 valence electrons. The van der Waals surface area contributed by atoms with E-state index in [0.29, 0.717) is 0 Å². The van der Waals surface area contributed by atoms with Gasteiger partial charge in [-0.1, -0.05) is 0 Å². The lowest BCUT2D eigenvalue weighted by Gasteiger charge is -2.02. The Morgan fingerprint density at radius 3 is 2.55 bits per heavy atom. The van der Waals surface area contributed by atoms with E-state index in [0.717, 1.165) is 0 Å². The molecule has 0 aromatic carbocycles. The molecule has 0 N–H and O–H groups in total. The van der Waals surface area contributed by atoms with Crippen LogP contribution in [0.2, 0.25) is 0 Å². The van der Waals surface area contributed by atoms with Gasteiger partial charge in [0.05, 0.1) is 7.05 Å². The summed E-state index contributed by atoms with van der Waals surface area (Å²) >= 11 is 0. The van der Waals surface area contributed by atoms with Gasteiger partial charge in [-0.05, 0) is 0 Å². The molecule has 0 amide bonds. The van der Waals surface area contributed by atoms with Crippen molar-refractivity contribution in [1.29, 1.82) is 0 Å². The van der Waals surface area contributed by atoms with E-state index < -0.39 is 0 Å². The van der Waals surface area contributed by atoms with Gasteiger partial charge in [0.25, 0.3) is 0 Å². The van der Waals surface area contributed by atoms with Crippen LogP contribution >= 0.6 is 0 Å². The van der Waals surface area contributed by atoms with E-state index in [-0.39, 0.29) is 18.6 Å². The van der Waals surface area contributed by atoms with Crippen molar-refractivity contribution in [3.05, 3.63) is 18.7 Å². The Labute approximate surface area is 73.0 Å². The molecule has 0 aliphatic heterocycles. The van der Waals surface area contributed by atoms with Gasteiger partial charge in [-0.15, -0.1) is 0 Å². The molecule has 4 heteroatoms. The Bertz CT molecular complexity index is 212. The van der Waals surface area contributed by atoms with Gasteiger partial charge in [0.2, 0.25) is 6.33 Å². The van der Waals surface area contributed by atoms with Crippen molar-refractivity contribution in [2.45, 2.75) is 13.2 Å². The molecule has 11 heavy (non-hydrogen) atoms. The van der Waals surface area contributed by atoms with E-state index in [1.165, 1.54) is 0 Å². The molecular weight excluding hydrogens is 164 g/mol. The first-order chi connectivity index (χ1) is 4.74. The molecule has 1 heterocycles. The normalized spacial score (nSPS) is 12.3. The Hall–Kier alpha value is -0.540. The molecule has 0 saturated heterocycles. The summed E-state index contributed by atoms with van der Waals surface area (Å²) in [6.07, 6.45) is 6.07. The third-order valence-electron chi connectivity index (χ3n) is 1.55. The first-order valence-corrected chi connectivity index (χ1v) is 3.29. The molecule has 1 aromatic rings. The summed E-state index contributed by atoms with van der Waals surface area (Å²) in [4.78, 5) is 0. The molecule has 1 aromatic heterocycles. The van der Waals surface area contributed by atoms with Crippen LogP contribution in [0.5, 0.6) is 0 Å². The number of aromatic nitrogens is 2. The summed E-state index contributed by atoms with van der Waals surface area (Å²) in [7, 11) is 3.68. The highest BCUT2D eigenvalue weighted by molar-refractivity contribution is 4.67. The summed E-state index contributed by atoms with van der Waals surface area (Å²) in [5.74, 6) is 0. The zero-order chi connectivity index (χ0) is 7.56. The molecular formula is C7H13ClN2O. The molecule has 0 aliphatic rings. The van der Waals surface area contributed by atoms with Crippen molar-refractivity contribution < 1.29 is 21.7 Å². The number of imidazole rings is 1. The van der Waals surface area contributed by atoms with E-state index >= 15 is 0 Å². The highest BCUT2D eigenvalue weighted by Gasteiger charge is 2.06. The number of ether oxygens (including phenoxy) is 1. The average molecular weight is 177 g/mol. The van der Waals surface area contributed by atoms with Gasteiger partial charge in [0.1, 0.15) is 12.4 Å². The fraction of sp³-hybridized carbons (Fsp3) is 0.571. The summed E-state index contributed by atoms with van der Waals surface area (Å²) in [6, 6.07) is 0. The molecule has 1 unspecified atom stereocenters. The van der Waals surface area contributed by atoms with Gasteiger partial charge in [0, 0.05) is 14.0 Å². The maximum Gasteiger partial charge on any atom is 0.245 e. The van der Waals surface area contributed by atoms with Crippen LogP contribution in [0.3, 0.4) is 0 Å². The average Bonchev–Trinajstić information content (AvgIpc) is 2.34. The Kier molecular flexibility index (Phi) is 4.15. The smallest absolute Gasteiger partial charge is 0.245 e. The number of aryl methyl sites for hydroxylation is 1. The van der Waals surface area contributed by atoms with Gasteiger partial charge >= 0.3 is 0 Å². The zero-order valence-corrected chi connectivity index (χ0v) is 7.75. The van der Waals surface area contributed by atoms with E-state index in [1.807, 2.05) is 41.8 Å². The van der Waals surface area contributed by atoms with Crippen molar-refractivity contribution in [1.82, 2.24) is 4.57 Å². The highest BCUT2D eigenvalue weighted by atomic mass is 35.5. The second-order valence-corrected chi connectivity index (χ2v) is 2.36. The first-order valence-electron chi connectivity index (χ1n) is 3.29. The van der Waals surface area contributed by atoms with Crippen LogP contribution in [-0.4, -0.2) is 11.7 Å². The monoisotopic (exact) mass is 176 g/mol. The molecule has 0 aliphatic carbocycles. The minimum absolute atomic E-state index is 0. The van der Waals surface area contributed by atoms with Crippen LogP contribution in [0.15, 0.2) is 18.7 Å². The molecule has 0 saturated carbocycles. The van der Waals surface area contributed by atoms with Crippen LogP contribution in [0.1, 0.15) is 13.2 Å². The molecule has 0 fully saturated rings. The van der Waals surface area contributed by atoms with Crippen molar-refractivity contribution in [3.63, 3.8) is 0 Å².